The van der Waals surface area contributed by atoms with Gasteiger partial charge in [0.05, 0.1) is 12.1 Å². The molecular weight excluding hydrogens is 323 g/mol. The SMILES string of the molecule is Cc1nn(CC(C)C)c(C)c1CC(=O)NNC(=O)c1ccc(F)cc1. The van der Waals surface area contributed by atoms with Gasteiger partial charge < -0.3 is 0 Å². The number of hydrogen-bond acceptors (Lipinski definition) is 3. The summed E-state index contributed by atoms with van der Waals surface area (Å²) < 4.78 is 14.8. The number of carbonyl (C=O) groups excluding carboxylic acids is 2. The molecule has 0 saturated carbocycles. The van der Waals surface area contributed by atoms with Crippen molar-refractivity contribution in [2.75, 3.05) is 0 Å². The maximum absolute atomic E-state index is 12.9. The number of nitrogens with zero attached hydrogens (tertiary/aromatic N) is 2. The van der Waals surface area contributed by atoms with Crippen LogP contribution < -0.4 is 10.9 Å². The van der Waals surface area contributed by atoms with E-state index in [1.54, 1.807) is 0 Å². The molecule has 0 fully saturated rings. The van der Waals surface area contributed by atoms with Crippen molar-refractivity contribution in [3.05, 3.63) is 52.6 Å². The number of carbonyl (C=O) groups is 2. The molecule has 0 aliphatic heterocycles. The zero-order valence-electron chi connectivity index (χ0n) is 14.9. The molecule has 2 rings (SSSR count). The molecule has 7 heteroatoms. The summed E-state index contributed by atoms with van der Waals surface area (Å²) in [4.78, 5) is 24.0. The van der Waals surface area contributed by atoms with Crippen molar-refractivity contribution in [3.8, 4) is 0 Å². The molecule has 6 nitrogen and oxygen atoms in total. The Balaban J connectivity index is 1.95. The highest BCUT2D eigenvalue weighted by Gasteiger charge is 2.16. The Labute approximate surface area is 146 Å². The topological polar surface area (TPSA) is 76.0 Å². The molecule has 0 spiro atoms. The van der Waals surface area contributed by atoms with Gasteiger partial charge >= 0.3 is 0 Å². The third-order valence-electron chi connectivity index (χ3n) is 3.83. The van der Waals surface area contributed by atoms with Gasteiger partial charge in [-0.25, -0.2) is 4.39 Å². The molecule has 2 aromatic rings. The summed E-state index contributed by atoms with van der Waals surface area (Å²) in [5.74, 6) is -0.817. The molecule has 1 heterocycles. The minimum absolute atomic E-state index is 0.124. The Morgan fingerprint density at radius 1 is 1.16 bits per heavy atom. The second-order valence-electron chi connectivity index (χ2n) is 6.41. The number of hydrogen-bond donors (Lipinski definition) is 2. The molecule has 1 aromatic heterocycles. The van der Waals surface area contributed by atoms with Gasteiger partial charge in [-0.2, -0.15) is 5.10 Å². The van der Waals surface area contributed by atoms with Gasteiger partial charge in [0.25, 0.3) is 5.91 Å². The molecule has 134 valence electrons. The molecule has 0 saturated heterocycles. The van der Waals surface area contributed by atoms with E-state index >= 15 is 0 Å². The third-order valence-corrected chi connectivity index (χ3v) is 3.83. The van der Waals surface area contributed by atoms with Crippen LogP contribution >= 0.6 is 0 Å². The first-order chi connectivity index (χ1) is 11.8. The van der Waals surface area contributed by atoms with E-state index in [0.29, 0.717) is 5.92 Å². The Morgan fingerprint density at radius 3 is 2.40 bits per heavy atom. The zero-order valence-corrected chi connectivity index (χ0v) is 14.9. The smallest absolute Gasteiger partial charge is 0.269 e. The van der Waals surface area contributed by atoms with Crippen LogP contribution in [0.3, 0.4) is 0 Å². The fourth-order valence-electron chi connectivity index (χ4n) is 2.52. The maximum Gasteiger partial charge on any atom is 0.269 e. The van der Waals surface area contributed by atoms with Crippen LogP contribution in [0.1, 0.15) is 41.2 Å². The van der Waals surface area contributed by atoms with Crippen LogP contribution in [0.5, 0.6) is 0 Å². The van der Waals surface area contributed by atoms with Crippen molar-refractivity contribution in [2.45, 2.75) is 40.7 Å². The number of halogens is 1. The van der Waals surface area contributed by atoms with E-state index in [2.05, 4.69) is 29.8 Å². The quantitative estimate of drug-likeness (QED) is 0.816. The van der Waals surface area contributed by atoms with Gasteiger partial charge in [0, 0.05) is 23.4 Å². The van der Waals surface area contributed by atoms with Gasteiger partial charge in [-0.15, -0.1) is 0 Å². The first kappa shape index (κ1) is 18.6. The lowest BCUT2D eigenvalue weighted by atomic mass is 10.1. The van der Waals surface area contributed by atoms with Crippen molar-refractivity contribution in [1.82, 2.24) is 20.6 Å². The third kappa shape index (κ3) is 4.89. The van der Waals surface area contributed by atoms with Gasteiger partial charge in [0.15, 0.2) is 0 Å². The van der Waals surface area contributed by atoms with Crippen molar-refractivity contribution >= 4 is 11.8 Å². The lowest BCUT2D eigenvalue weighted by Crippen LogP contribution is -2.42. The molecule has 0 radical (unpaired) electrons. The van der Waals surface area contributed by atoms with Gasteiger partial charge in [-0.05, 0) is 44.0 Å². The first-order valence-electron chi connectivity index (χ1n) is 8.15. The fourth-order valence-corrected chi connectivity index (χ4v) is 2.52. The van der Waals surface area contributed by atoms with Gasteiger partial charge in [0.2, 0.25) is 5.91 Å². The van der Waals surface area contributed by atoms with Crippen LogP contribution in [0.25, 0.3) is 0 Å². The lowest BCUT2D eigenvalue weighted by Gasteiger charge is -2.09. The van der Waals surface area contributed by atoms with Crippen LogP contribution in [-0.2, 0) is 17.8 Å². The van der Waals surface area contributed by atoms with Crippen LogP contribution in [0, 0.1) is 25.6 Å². The molecule has 0 aliphatic rings. The van der Waals surface area contributed by atoms with Gasteiger partial charge in [-0.3, -0.25) is 25.1 Å². The van der Waals surface area contributed by atoms with Crippen LogP contribution in [-0.4, -0.2) is 21.6 Å². The lowest BCUT2D eigenvalue weighted by molar-refractivity contribution is -0.121. The van der Waals surface area contributed by atoms with Gasteiger partial charge in [0.1, 0.15) is 5.82 Å². The monoisotopic (exact) mass is 346 g/mol. The Morgan fingerprint density at radius 2 is 1.80 bits per heavy atom. The molecule has 0 bridgehead atoms. The van der Waals surface area contributed by atoms with Gasteiger partial charge in [-0.1, -0.05) is 13.8 Å². The minimum Gasteiger partial charge on any atom is -0.273 e. The van der Waals surface area contributed by atoms with E-state index in [9.17, 15) is 14.0 Å². The highest BCUT2D eigenvalue weighted by molar-refractivity contribution is 5.95. The number of hydrazine groups is 1. The predicted molar refractivity (Wildman–Crippen MR) is 92.3 cm³/mol. The number of aromatic nitrogens is 2. The summed E-state index contributed by atoms with van der Waals surface area (Å²) in [6.07, 6.45) is 0.124. The maximum atomic E-state index is 12.9. The summed E-state index contributed by atoms with van der Waals surface area (Å²) in [6, 6.07) is 5.07. The minimum atomic E-state index is -0.503. The molecule has 0 aliphatic carbocycles. The number of benzene rings is 1. The summed E-state index contributed by atoms with van der Waals surface area (Å²) in [7, 11) is 0. The van der Waals surface area contributed by atoms with Crippen LogP contribution in [0.4, 0.5) is 4.39 Å². The molecule has 0 unspecified atom stereocenters. The summed E-state index contributed by atoms with van der Waals surface area (Å²) in [5.41, 5.74) is 7.58. The Kier molecular flexibility index (Phi) is 5.90. The summed E-state index contributed by atoms with van der Waals surface area (Å²) >= 11 is 0. The second-order valence-corrected chi connectivity index (χ2v) is 6.41. The highest BCUT2D eigenvalue weighted by Crippen LogP contribution is 2.15. The van der Waals surface area contributed by atoms with Crippen molar-refractivity contribution in [1.29, 1.82) is 0 Å². The zero-order chi connectivity index (χ0) is 18.6. The van der Waals surface area contributed by atoms with E-state index in [1.165, 1.54) is 24.3 Å². The fraction of sp³-hybridized carbons (Fsp3) is 0.389. The standard InChI is InChI=1S/C18H23FN4O2/c1-11(2)10-23-13(4)16(12(3)22-23)9-17(24)20-21-18(25)14-5-7-15(19)8-6-14/h5-8,11H,9-10H2,1-4H3,(H,20,24)(H,21,25). The van der Waals surface area contributed by atoms with Crippen LogP contribution in [0.2, 0.25) is 0 Å². The summed E-state index contributed by atoms with van der Waals surface area (Å²) in [6.45, 7) is 8.79. The molecule has 0 atom stereocenters. The highest BCUT2D eigenvalue weighted by atomic mass is 19.1. The molecule has 2 N–H and O–H groups in total. The predicted octanol–water partition coefficient (Wildman–Crippen LogP) is 2.30. The first-order valence-corrected chi connectivity index (χ1v) is 8.15. The molecule has 1 aromatic carbocycles. The van der Waals surface area contributed by atoms with Crippen molar-refractivity contribution in [2.24, 2.45) is 5.92 Å². The molecule has 25 heavy (non-hydrogen) atoms. The average molecular weight is 346 g/mol. The van der Waals surface area contributed by atoms with E-state index < -0.39 is 11.7 Å². The largest absolute Gasteiger partial charge is 0.273 e. The van der Waals surface area contributed by atoms with E-state index in [-0.39, 0.29) is 17.9 Å². The Hall–Kier alpha value is -2.70. The number of nitrogens with one attached hydrogen (secondary N) is 2. The van der Waals surface area contributed by atoms with E-state index in [4.69, 9.17) is 0 Å². The van der Waals surface area contributed by atoms with E-state index in [1.807, 2.05) is 18.5 Å². The average Bonchev–Trinajstić information content (AvgIpc) is 2.80. The molecule has 2 amide bonds. The van der Waals surface area contributed by atoms with Crippen molar-refractivity contribution in [3.63, 3.8) is 0 Å². The Bertz CT molecular complexity index is 766. The van der Waals surface area contributed by atoms with Crippen LogP contribution in [0.15, 0.2) is 24.3 Å². The second kappa shape index (κ2) is 7.92. The number of amides is 2. The van der Waals surface area contributed by atoms with Crippen molar-refractivity contribution < 1.29 is 14.0 Å². The number of rotatable bonds is 5. The normalized spacial score (nSPS) is 10.8. The van der Waals surface area contributed by atoms with E-state index in [0.717, 1.165) is 23.5 Å². The molecular formula is C18H23FN4O2. The summed E-state index contributed by atoms with van der Waals surface area (Å²) in [5, 5.41) is 4.47. The number of aryl methyl sites for hydroxylation is 1.